The molecule has 20 heavy (non-hydrogen) atoms. The van der Waals surface area contributed by atoms with Gasteiger partial charge in [0, 0.05) is 17.3 Å². The number of nitriles is 1. The van der Waals surface area contributed by atoms with Gasteiger partial charge in [0.15, 0.2) is 0 Å². The minimum atomic E-state index is -0.139. The van der Waals surface area contributed by atoms with E-state index in [9.17, 15) is 9.59 Å². The van der Waals surface area contributed by atoms with E-state index in [0.717, 1.165) is 18.5 Å². The molecular weight excluding hydrogens is 274 g/mol. The maximum absolute atomic E-state index is 11.6. The fraction of sp³-hybridized carbons (Fsp3) is 0.357. The van der Waals surface area contributed by atoms with Gasteiger partial charge in [-0.1, -0.05) is 0 Å². The zero-order chi connectivity index (χ0) is 14.4. The summed E-state index contributed by atoms with van der Waals surface area (Å²) in [6.45, 7) is 0. The molecule has 0 saturated heterocycles. The molecule has 0 aromatic heterocycles. The first-order chi connectivity index (χ1) is 9.69. The van der Waals surface area contributed by atoms with Crippen LogP contribution >= 0.6 is 11.8 Å². The number of amides is 2. The Balaban J connectivity index is 1.80. The molecule has 1 aliphatic rings. The van der Waals surface area contributed by atoms with Gasteiger partial charge in [0.05, 0.1) is 17.6 Å². The molecular formula is C14H15N3O2S. The summed E-state index contributed by atoms with van der Waals surface area (Å²) in [5, 5.41) is 13.9. The number of rotatable bonds is 6. The van der Waals surface area contributed by atoms with Crippen LogP contribution in [0.25, 0.3) is 0 Å². The van der Waals surface area contributed by atoms with Crippen molar-refractivity contribution in [3.63, 3.8) is 0 Å². The fourth-order valence-electron chi connectivity index (χ4n) is 1.61. The van der Waals surface area contributed by atoms with Gasteiger partial charge in [-0.2, -0.15) is 5.26 Å². The highest BCUT2D eigenvalue weighted by molar-refractivity contribution is 8.00. The molecule has 1 aromatic rings. The van der Waals surface area contributed by atoms with Crippen molar-refractivity contribution in [2.24, 2.45) is 5.92 Å². The number of carbonyl (C=O) groups is 2. The van der Waals surface area contributed by atoms with E-state index in [0.29, 0.717) is 11.4 Å². The smallest absolute Gasteiger partial charge is 0.234 e. The lowest BCUT2D eigenvalue weighted by molar-refractivity contribution is -0.117. The SMILES string of the molecule is N#CCSCC(=O)Nc1ccc(NC(=O)C2CC2)cc1. The van der Waals surface area contributed by atoms with Crippen LogP contribution in [-0.2, 0) is 9.59 Å². The molecule has 2 rings (SSSR count). The van der Waals surface area contributed by atoms with E-state index in [-0.39, 0.29) is 23.5 Å². The Kier molecular flexibility index (Phi) is 5.02. The van der Waals surface area contributed by atoms with Crippen LogP contribution in [0, 0.1) is 17.2 Å². The fourth-order valence-corrected chi connectivity index (χ4v) is 2.06. The van der Waals surface area contributed by atoms with Crippen molar-refractivity contribution in [1.29, 1.82) is 5.26 Å². The van der Waals surface area contributed by atoms with Crippen LogP contribution in [0.3, 0.4) is 0 Å². The molecule has 0 spiro atoms. The van der Waals surface area contributed by atoms with Crippen molar-refractivity contribution in [1.82, 2.24) is 0 Å². The van der Waals surface area contributed by atoms with E-state index in [4.69, 9.17) is 5.26 Å². The molecule has 1 fully saturated rings. The van der Waals surface area contributed by atoms with Gasteiger partial charge in [0.2, 0.25) is 11.8 Å². The van der Waals surface area contributed by atoms with Crippen molar-refractivity contribution in [2.75, 3.05) is 22.1 Å². The highest BCUT2D eigenvalue weighted by Crippen LogP contribution is 2.30. The largest absolute Gasteiger partial charge is 0.326 e. The summed E-state index contributed by atoms with van der Waals surface area (Å²) in [5.41, 5.74) is 1.41. The van der Waals surface area contributed by atoms with Gasteiger partial charge < -0.3 is 10.6 Å². The van der Waals surface area contributed by atoms with Crippen LogP contribution in [0.2, 0.25) is 0 Å². The molecule has 0 aliphatic heterocycles. The molecule has 0 radical (unpaired) electrons. The van der Waals surface area contributed by atoms with Crippen LogP contribution in [0.4, 0.5) is 11.4 Å². The van der Waals surface area contributed by atoms with Gasteiger partial charge in [0.25, 0.3) is 0 Å². The van der Waals surface area contributed by atoms with Gasteiger partial charge in [-0.3, -0.25) is 9.59 Å². The number of carbonyl (C=O) groups excluding carboxylic acids is 2. The molecule has 5 nitrogen and oxygen atoms in total. The Labute approximate surface area is 121 Å². The Morgan fingerprint density at radius 1 is 1.20 bits per heavy atom. The van der Waals surface area contributed by atoms with E-state index < -0.39 is 0 Å². The van der Waals surface area contributed by atoms with E-state index in [1.807, 2.05) is 6.07 Å². The zero-order valence-corrected chi connectivity index (χ0v) is 11.7. The van der Waals surface area contributed by atoms with E-state index >= 15 is 0 Å². The first-order valence-electron chi connectivity index (χ1n) is 6.34. The number of anilines is 2. The predicted molar refractivity (Wildman–Crippen MR) is 79.4 cm³/mol. The highest BCUT2D eigenvalue weighted by Gasteiger charge is 2.29. The van der Waals surface area contributed by atoms with Gasteiger partial charge in [-0.15, -0.1) is 11.8 Å². The van der Waals surface area contributed by atoms with Gasteiger partial charge in [-0.25, -0.2) is 0 Å². The first kappa shape index (κ1) is 14.4. The molecule has 2 amide bonds. The Bertz CT molecular complexity index is 532. The van der Waals surface area contributed by atoms with E-state index in [1.54, 1.807) is 24.3 Å². The molecule has 104 valence electrons. The number of hydrogen-bond donors (Lipinski definition) is 2. The monoisotopic (exact) mass is 289 g/mol. The van der Waals surface area contributed by atoms with Gasteiger partial charge in [-0.05, 0) is 37.1 Å². The molecule has 1 saturated carbocycles. The van der Waals surface area contributed by atoms with Crippen molar-refractivity contribution >= 4 is 35.0 Å². The standard InChI is InChI=1S/C14H15N3O2S/c15-7-8-20-9-13(18)16-11-3-5-12(6-4-11)17-14(19)10-1-2-10/h3-6,10H,1-2,8-9H2,(H,16,18)(H,17,19). The predicted octanol–water partition coefficient (Wildman–Crippen LogP) is 2.23. The first-order valence-corrected chi connectivity index (χ1v) is 7.50. The Hall–Kier alpha value is -2.00. The topological polar surface area (TPSA) is 82.0 Å². The van der Waals surface area contributed by atoms with Crippen molar-refractivity contribution in [3.05, 3.63) is 24.3 Å². The molecule has 2 N–H and O–H groups in total. The van der Waals surface area contributed by atoms with Crippen molar-refractivity contribution in [2.45, 2.75) is 12.8 Å². The molecule has 6 heteroatoms. The van der Waals surface area contributed by atoms with Gasteiger partial charge >= 0.3 is 0 Å². The maximum Gasteiger partial charge on any atom is 0.234 e. The second kappa shape index (κ2) is 6.96. The molecule has 0 atom stereocenters. The summed E-state index contributed by atoms with van der Waals surface area (Å²) < 4.78 is 0. The zero-order valence-electron chi connectivity index (χ0n) is 10.9. The summed E-state index contributed by atoms with van der Waals surface area (Å²) in [6, 6.07) is 8.98. The number of hydrogen-bond acceptors (Lipinski definition) is 4. The number of nitrogens with one attached hydrogen (secondary N) is 2. The lowest BCUT2D eigenvalue weighted by Crippen LogP contribution is -2.15. The lowest BCUT2D eigenvalue weighted by Gasteiger charge is -2.07. The second-order valence-electron chi connectivity index (χ2n) is 4.54. The lowest BCUT2D eigenvalue weighted by atomic mass is 10.2. The number of thioether (sulfide) groups is 1. The van der Waals surface area contributed by atoms with Crippen LogP contribution < -0.4 is 10.6 Å². The Morgan fingerprint density at radius 3 is 2.35 bits per heavy atom. The molecule has 1 aliphatic carbocycles. The third-order valence-corrected chi connectivity index (χ3v) is 3.58. The minimum Gasteiger partial charge on any atom is -0.326 e. The maximum atomic E-state index is 11.6. The van der Waals surface area contributed by atoms with E-state index in [2.05, 4.69) is 10.6 Å². The third-order valence-electron chi connectivity index (χ3n) is 2.78. The third kappa shape index (κ3) is 4.59. The summed E-state index contributed by atoms with van der Waals surface area (Å²) in [6.07, 6.45) is 1.95. The van der Waals surface area contributed by atoms with E-state index in [1.165, 1.54) is 11.8 Å². The molecule has 1 aromatic carbocycles. The summed E-state index contributed by atoms with van der Waals surface area (Å²) >= 11 is 1.27. The van der Waals surface area contributed by atoms with Crippen molar-refractivity contribution in [3.8, 4) is 6.07 Å². The minimum absolute atomic E-state index is 0.0645. The molecule has 0 bridgehead atoms. The summed E-state index contributed by atoms with van der Waals surface area (Å²) in [7, 11) is 0. The average molecular weight is 289 g/mol. The summed E-state index contributed by atoms with van der Waals surface area (Å²) in [4.78, 5) is 23.1. The molecule has 0 heterocycles. The van der Waals surface area contributed by atoms with Crippen LogP contribution in [0.5, 0.6) is 0 Å². The number of nitrogens with zero attached hydrogens (tertiary/aromatic N) is 1. The quantitative estimate of drug-likeness (QED) is 0.787. The van der Waals surface area contributed by atoms with Crippen LogP contribution in [0.15, 0.2) is 24.3 Å². The highest BCUT2D eigenvalue weighted by atomic mass is 32.2. The van der Waals surface area contributed by atoms with Crippen molar-refractivity contribution < 1.29 is 9.59 Å². The second-order valence-corrected chi connectivity index (χ2v) is 5.53. The normalized spacial score (nSPS) is 13.3. The average Bonchev–Trinajstić information content (AvgIpc) is 3.26. The van der Waals surface area contributed by atoms with Crippen LogP contribution in [-0.4, -0.2) is 23.3 Å². The number of benzene rings is 1. The molecule has 0 unspecified atom stereocenters. The van der Waals surface area contributed by atoms with Crippen LogP contribution in [0.1, 0.15) is 12.8 Å². The Morgan fingerprint density at radius 2 is 1.80 bits per heavy atom. The van der Waals surface area contributed by atoms with Gasteiger partial charge in [0.1, 0.15) is 0 Å². The summed E-state index contributed by atoms with van der Waals surface area (Å²) in [5.74, 6) is 0.661.